The fraction of sp³-hybridized carbons (Fsp3) is 0.0291. The molecule has 112 heavy (non-hydrogen) atoms. The Bertz CT molecular complexity index is 8450. The molecule has 0 radical (unpaired) electrons. The lowest BCUT2D eigenvalue weighted by Crippen LogP contribution is -2.18. The molecular weight excluding hydrogens is 1370 g/mol. The van der Waals surface area contributed by atoms with Crippen LogP contribution in [0.5, 0.6) is 0 Å². The SMILES string of the molecule is CC1(C)c2ccccc2-c2nc(-n3c4cc5ccccc5cc4c4c5c6ccccc6c6ccccc6c5ccc43)c(-c3cccc4oc5ccccc5c34)nc21.c1ccc2cc3c(cc2c1)c1c2c4ccccc4c4ccccc4c2ccc1n3-c1nc2c(nc1-c1cccc3oc4ccccc4c13)oc1ccccc12. The van der Waals surface area contributed by atoms with Gasteiger partial charge in [-0.2, -0.15) is 0 Å². The molecule has 0 N–H and O–H groups in total. The molecule has 0 saturated heterocycles. The maximum absolute atomic E-state index is 6.49. The second-order valence-electron chi connectivity index (χ2n) is 30.5. The Balaban J connectivity index is 0.000000127. The molecule has 7 heterocycles. The highest BCUT2D eigenvalue weighted by molar-refractivity contribution is 6.38. The van der Waals surface area contributed by atoms with Crippen molar-refractivity contribution in [2.75, 3.05) is 0 Å². The fourth-order valence-corrected chi connectivity index (χ4v) is 19.4. The molecule has 0 spiro atoms. The third kappa shape index (κ3) is 8.40. The van der Waals surface area contributed by atoms with Crippen molar-refractivity contribution in [3.05, 3.63) is 339 Å². The number of hydrogen-bond donors (Lipinski definition) is 0. The van der Waals surface area contributed by atoms with E-state index in [0.29, 0.717) is 5.71 Å². The Hall–Kier alpha value is -14.8. The molecule has 0 aliphatic heterocycles. The van der Waals surface area contributed by atoms with Gasteiger partial charge in [0.05, 0.1) is 33.5 Å². The summed E-state index contributed by atoms with van der Waals surface area (Å²) in [5.41, 5.74) is 17.1. The molecule has 18 aromatic carbocycles. The van der Waals surface area contributed by atoms with Crippen molar-refractivity contribution in [1.82, 2.24) is 29.1 Å². The summed E-state index contributed by atoms with van der Waals surface area (Å²) in [6.45, 7) is 4.55. The van der Waals surface area contributed by atoms with Crippen molar-refractivity contribution < 1.29 is 13.3 Å². The molecule has 1 aliphatic rings. The van der Waals surface area contributed by atoms with Crippen LogP contribution in [0.25, 0.3) is 241 Å². The second kappa shape index (κ2) is 22.6. The standard InChI is InChI=1S/C53H33N3O.C50H27N3O2/c1-53(2)41-23-11-9-20-37(41)49-51(53)54-50(39-22-13-25-45-46(39)38-21-10-12-24-44(38)57-45)52(55-49)56-42-27-26-36-34-18-6-5-16-32(34)33-17-7-8-19-35(33)47(36)48(42)40-28-30-14-3-4-15-31(30)29-43(40)56;1-2-13-29-27-40-38(26-28(29)12-1)46-39(25-24-34-32-16-4-3-14-30(32)31-15-5-6-17-33(31)45(34)46)53(40)49-47(52-50-48(51-49)36-19-8-10-22-42(36)55-50)37-20-11-23-43-44(37)35-18-7-9-21-41(35)54-43/h3-29H,1-2H3;1-27H. The zero-order chi connectivity index (χ0) is 73.3. The van der Waals surface area contributed by atoms with Crippen LogP contribution in [0.4, 0.5) is 0 Å². The molecule has 0 atom stereocenters. The lowest BCUT2D eigenvalue weighted by atomic mass is 9.85. The summed E-state index contributed by atoms with van der Waals surface area (Å²) in [5, 5.41) is 29.5. The Kier molecular flexibility index (Phi) is 12.4. The van der Waals surface area contributed by atoms with Crippen LogP contribution in [0, 0.1) is 0 Å². The third-order valence-electron chi connectivity index (χ3n) is 24.3. The van der Waals surface area contributed by atoms with Gasteiger partial charge in [-0.25, -0.2) is 19.9 Å². The van der Waals surface area contributed by atoms with Gasteiger partial charge in [-0.15, -0.1) is 0 Å². The van der Waals surface area contributed by atoms with Crippen molar-refractivity contribution in [3.63, 3.8) is 0 Å². The number of nitrogens with zero attached hydrogens (tertiary/aromatic N) is 6. The molecule has 9 nitrogen and oxygen atoms in total. The smallest absolute Gasteiger partial charge is 0.247 e. The van der Waals surface area contributed by atoms with E-state index in [0.717, 1.165) is 144 Å². The first kappa shape index (κ1) is 61.2. The first-order valence-corrected chi connectivity index (χ1v) is 38.2. The summed E-state index contributed by atoms with van der Waals surface area (Å²) in [7, 11) is 0. The van der Waals surface area contributed by atoms with E-state index in [2.05, 4.69) is 296 Å². The van der Waals surface area contributed by atoms with Crippen LogP contribution in [-0.2, 0) is 5.41 Å². The highest BCUT2D eigenvalue weighted by atomic mass is 16.3. The predicted octanol–water partition coefficient (Wildman–Crippen LogP) is 27.7. The van der Waals surface area contributed by atoms with Gasteiger partial charge in [-0.05, 0) is 154 Å². The van der Waals surface area contributed by atoms with E-state index in [9.17, 15) is 0 Å². The molecule has 520 valence electrons. The van der Waals surface area contributed by atoms with Crippen molar-refractivity contribution in [2.45, 2.75) is 19.3 Å². The first-order chi connectivity index (χ1) is 55.3. The van der Waals surface area contributed by atoms with Crippen LogP contribution in [0.15, 0.2) is 341 Å². The quantitative estimate of drug-likeness (QED) is 0.162. The van der Waals surface area contributed by atoms with E-state index in [4.69, 9.17) is 33.2 Å². The van der Waals surface area contributed by atoms with E-state index >= 15 is 0 Å². The molecule has 26 rings (SSSR count). The molecule has 7 aromatic heterocycles. The minimum Gasteiger partial charge on any atom is -0.456 e. The summed E-state index contributed by atoms with van der Waals surface area (Å²) in [6, 6.07) is 117. The average Bonchev–Trinajstić information content (AvgIpc) is 1.51. The maximum Gasteiger partial charge on any atom is 0.247 e. The highest BCUT2D eigenvalue weighted by Crippen LogP contribution is 2.53. The van der Waals surface area contributed by atoms with Crippen LogP contribution < -0.4 is 0 Å². The van der Waals surface area contributed by atoms with E-state index in [1.807, 2.05) is 54.6 Å². The van der Waals surface area contributed by atoms with Gasteiger partial charge in [0, 0.05) is 81.4 Å². The van der Waals surface area contributed by atoms with Crippen LogP contribution in [-0.4, -0.2) is 29.1 Å². The number of para-hydroxylation sites is 3. The Labute approximate surface area is 637 Å². The first-order valence-electron chi connectivity index (χ1n) is 38.2. The monoisotopic (exact) mass is 1430 g/mol. The van der Waals surface area contributed by atoms with Gasteiger partial charge in [0.15, 0.2) is 11.6 Å². The minimum absolute atomic E-state index is 0.342. The number of aromatic nitrogens is 6. The lowest BCUT2D eigenvalue weighted by Gasteiger charge is -2.22. The van der Waals surface area contributed by atoms with Gasteiger partial charge in [0.25, 0.3) is 0 Å². The summed E-state index contributed by atoms with van der Waals surface area (Å²) in [4.78, 5) is 22.6. The van der Waals surface area contributed by atoms with Gasteiger partial charge in [0.1, 0.15) is 44.8 Å². The van der Waals surface area contributed by atoms with E-state index < -0.39 is 0 Å². The van der Waals surface area contributed by atoms with Crippen LogP contribution in [0.2, 0.25) is 0 Å². The molecule has 0 bridgehead atoms. The second-order valence-corrected chi connectivity index (χ2v) is 30.5. The zero-order valence-electron chi connectivity index (χ0n) is 60.6. The Morgan fingerprint density at radius 1 is 0.241 bits per heavy atom. The molecular formula is C103H60N6O3. The van der Waals surface area contributed by atoms with Gasteiger partial charge in [0.2, 0.25) is 5.71 Å². The Morgan fingerprint density at radius 3 is 1.11 bits per heavy atom. The molecule has 0 unspecified atom stereocenters. The van der Waals surface area contributed by atoms with Gasteiger partial charge in [-0.3, -0.25) is 9.13 Å². The fourth-order valence-electron chi connectivity index (χ4n) is 19.4. The number of furan rings is 3. The molecule has 25 aromatic rings. The molecule has 1 aliphatic carbocycles. The van der Waals surface area contributed by atoms with E-state index in [1.54, 1.807) is 0 Å². The highest BCUT2D eigenvalue weighted by Gasteiger charge is 2.40. The van der Waals surface area contributed by atoms with Crippen LogP contribution >= 0.6 is 0 Å². The number of rotatable bonds is 4. The normalized spacial score (nSPS) is 13.0. The average molecular weight is 1430 g/mol. The number of hydrogen-bond acceptors (Lipinski definition) is 7. The molecule has 0 fully saturated rings. The van der Waals surface area contributed by atoms with Gasteiger partial charge in [-0.1, -0.05) is 269 Å². The Morgan fingerprint density at radius 2 is 0.607 bits per heavy atom. The van der Waals surface area contributed by atoms with E-state index in [-0.39, 0.29) is 5.41 Å². The van der Waals surface area contributed by atoms with Crippen molar-refractivity contribution >= 4 is 196 Å². The van der Waals surface area contributed by atoms with Crippen LogP contribution in [0.3, 0.4) is 0 Å². The predicted molar refractivity (Wildman–Crippen MR) is 463 cm³/mol. The van der Waals surface area contributed by atoms with Gasteiger partial charge < -0.3 is 13.3 Å². The lowest BCUT2D eigenvalue weighted by molar-refractivity contribution is 0.635. The van der Waals surface area contributed by atoms with Gasteiger partial charge >= 0.3 is 0 Å². The minimum atomic E-state index is -0.342. The summed E-state index contributed by atoms with van der Waals surface area (Å²) < 4.78 is 24.1. The van der Waals surface area contributed by atoms with Crippen molar-refractivity contribution in [2.24, 2.45) is 0 Å². The molecule has 0 saturated carbocycles. The molecule has 9 heteroatoms. The number of benzene rings is 18. The summed E-state index contributed by atoms with van der Waals surface area (Å²) in [5.74, 6) is 1.54. The zero-order valence-corrected chi connectivity index (χ0v) is 60.6. The van der Waals surface area contributed by atoms with E-state index in [1.165, 1.54) is 103 Å². The maximum atomic E-state index is 6.49. The largest absolute Gasteiger partial charge is 0.456 e. The summed E-state index contributed by atoms with van der Waals surface area (Å²) in [6.07, 6.45) is 0. The number of fused-ring (bicyclic) bond motifs is 34. The summed E-state index contributed by atoms with van der Waals surface area (Å²) >= 11 is 0. The van der Waals surface area contributed by atoms with Crippen molar-refractivity contribution in [1.29, 1.82) is 0 Å². The topological polar surface area (TPSA) is 101 Å². The molecule has 0 amide bonds. The third-order valence-corrected chi connectivity index (χ3v) is 24.3. The van der Waals surface area contributed by atoms with Crippen LogP contribution in [0.1, 0.15) is 25.1 Å². The van der Waals surface area contributed by atoms with Crippen molar-refractivity contribution in [3.8, 4) is 45.4 Å².